The van der Waals surface area contributed by atoms with Crippen LogP contribution in [0.2, 0.25) is 5.02 Å². The molecule has 0 aromatic heterocycles. The zero-order valence-corrected chi connectivity index (χ0v) is 18.0. The second-order valence-corrected chi connectivity index (χ2v) is 9.22. The van der Waals surface area contributed by atoms with Crippen molar-refractivity contribution in [3.05, 3.63) is 58.6 Å². The normalized spacial score (nSPS) is 17.1. The Balaban J connectivity index is 1.65. The Labute approximate surface area is 176 Å². The predicted molar refractivity (Wildman–Crippen MR) is 113 cm³/mol. The average molecular weight is 438 g/mol. The second kappa shape index (κ2) is 9.13. The van der Waals surface area contributed by atoms with Gasteiger partial charge in [-0.05, 0) is 48.7 Å². The van der Waals surface area contributed by atoms with Gasteiger partial charge in [-0.15, -0.1) is 0 Å². The molecule has 1 N–H and O–H groups in total. The fourth-order valence-corrected chi connectivity index (χ4v) is 4.92. The van der Waals surface area contributed by atoms with Crippen molar-refractivity contribution in [3.8, 4) is 5.75 Å². The van der Waals surface area contributed by atoms with Crippen molar-refractivity contribution < 1.29 is 17.9 Å². The van der Waals surface area contributed by atoms with Crippen LogP contribution in [0, 0.1) is 6.92 Å². The highest BCUT2D eigenvalue weighted by atomic mass is 35.5. The molecule has 29 heavy (non-hydrogen) atoms. The van der Waals surface area contributed by atoms with Crippen molar-refractivity contribution in [3.63, 3.8) is 0 Å². The van der Waals surface area contributed by atoms with Crippen LogP contribution >= 0.6 is 11.6 Å². The van der Waals surface area contributed by atoms with E-state index in [4.69, 9.17) is 16.3 Å². The molecule has 1 aliphatic rings. The SMILES string of the molecule is COc1ccc(CN2CCCN(CC(=O)Nc3ccc(C)c(Cl)c3)S2(=O)=O)cc1. The number of nitrogens with zero attached hydrogens (tertiary/aromatic N) is 2. The molecule has 1 heterocycles. The summed E-state index contributed by atoms with van der Waals surface area (Å²) in [6, 6.07) is 12.4. The van der Waals surface area contributed by atoms with Gasteiger partial charge in [0, 0.05) is 30.3 Å². The van der Waals surface area contributed by atoms with E-state index in [1.54, 1.807) is 37.4 Å². The third-order valence-electron chi connectivity index (χ3n) is 4.76. The van der Waals surface area contributed by atoms with E-state index in [9.17, 15) is 13.2 Å². The van der Waals surface area contributed by atoms with Gasteiger partial charge >= 0.3 is 0 Å². The van der Waals surface area contributed by atoms with Crippen LogP contribution in [0.1, 0.15) is 17.5 Å². The van der Waals surface area contributed by atoms with Crippen LogP contribution in [0.5, 0.6) is 5.75 Å². The van der Waals surface area contributed by atoms with E-state index in [0.717, 1.165) is 11.1 Å². The van der Waals surface area contributed by atoms with E-state index in [1.807, 2.05) is 19.1 Å². The van der Waals surface area contributed by atoms with E-state index in [2.05, 4.69) is 5.32 Å². The Morgan fingerprint density at radius 1 is 1.14 bits per heavy atom. The number of amides is 1. The Morgan fingerprint density at radius 2 is 1.83 bits per heavy atom. The molecular weight excluding hydrogens is 414 g/mol. The molecule has 1 aliphatic heterocycles. The lowest BCUT2D eigenvalue weighted by Crippen LogP contribution is -2.51. The molecule has 0 saturated carbocycles. The smallest absolute Gasteiger partial charge is 0.282 e. The number of methoxy groups -OCH3 is 1. The quantitative estimate of drug-likeness (QED) is 0.753. The molecular formula is C20H24ClN3O4S. The first-order valence-corrected chi connectivity index (χ1v) is 11.0. The van der Waals surface area contributed by atoms with Gasteiger partial charge in [0.1, 0.15) is 5.75 Å². The maximum absolute atomic E-state index is 13.0. The van der Waals surface area contributed by atoms with Crippen molar-refractivity contribution in [1.29, 1.82) is 0 Å². The summed E-state index contributed by atoms with van der Waals surface area (Å²) >= 11 is 6.08. The zero-order valence-electron chi connectivity index (χ0n) is 16.4. The predicted octanol–water partition coefficient (Wildman–Crippen LogP) is 3.05. The Morgan fingerprint density at radius 3 is 2.48 bits per heavy atom. The van der Waals surface area contributed by atoms with Crippen LogP contribution in [0.25, 0.3) is 0 Å². The lowest BCUT2D eigenvalue weighted by atomic mass is 10.2. The molecule has 9 heteroatoms. The molecule has 0 atom stereocenters. The molecule has 3 rings (SSSR count). The Kier molecular flexibility index (Phi) is 6.79. The topological polar surface area (TPSA) is 79.0 Å². The molecule has 156 valence electrons. The Hall–Kier alpha value is -2.13. The molecule has 7 nitrogen and oxygen atoms in total. The molecule has 2 aromatic rings. The van der Waals surface area contributed by atoms with Gasteiger partial charge < -0.3 is 10.1 Å². The van der Waals surface area contributed by atoms with Gasteiger partial charge in [0.15, 0.2) is 0 Å². The van der Waals surface area contributed by atoms with Crippen LogP contribution in [-0.4, -0.2) is 49.7 Å². The van der Waals surface area contributed by atoms with Crippen molar-refractivity contribution in [2.75, 3.05) is 32.1 Å². The lowest BCUT2D eigenvalue weighted by molar-refractivity contribution is -0.116. The van der Waals surface area contributed by atoms with Crippen LogP contribution in [-0.2, 0) is 21.5 Å². The highest BCUT2D eigenvalue weighted by molar-refractivity contribution is 7.86. The first-order valence-electron chi connectivity index (χ1n) is 9.24. The number of benzene rings is 2. The van der Waals surface area contributed by atoms with Gasteiger partial charge in [-0.2, -0.15) is 17.0 Å². The summed E-state index contributed by atoms with van der Waals surface area (Å²) in [5.41, 5.74) is 2.29. The summed E-state index contributed by atoms with van der Waals surface area (Å²) < 4.78 is 33.6. The number of hydrogen-bond donors (Lipinski definition) is 1. The minimum absolute atomic E-state index is 0.243. The number of ether oxygens (including phenoxy) is 1. The van der Waals surface area contributed by atoms with Crippen LogP contribution in [0.4, 0.5) is 5.69 Å². The van der Waals surface area contributed by atoms with Gasteiger partial charge in [-0.1, -0.05) is 29.8 Å². The fraction of sp³-hybridized carbons (Fsp3) is 0.350. The van der Waals surface area contributed by atoms with Crippen molar-refractivity contribution >= 4 is 33.4 Å². The fourth-order valence-electron chi connectivity index (χ4n) is 3.10. The summed E-state index contributed by atoms with van der Waals surface area (Å²) in [6.45, 7) is 2.60. The van der Waals surface area contributed by atoms with Crippen LogP contribution < -0.4 is 10.1 Å². The largest absolute Gasteiger partial charge is 0.497 e. The minimum atomic E-state index is -3.73. The van der Waals surface area contributed by atoms with Crippen molar-refractivity contribution in [2.24, 2.45) is 0 Å². The van der Waals surface area contributed by atoms with E-state index in [1.165, 1.54) is 8.61 Å². The number of aryl methyl sites for hydroxylation is 1. The van der Waals surface area contributed by atoms with E-state index in [-0.39, 0.29) is 13.1 Å². The standard InChI is InChI=1S/C20H24ClN3O4S/c1-15-4-7-17(12-19(15)21)22-20(25)14-24-11-3-10-23(29(24,26)27)13-16-5-8-18(28-2)9-6-16/h4-9,12H,3,10-11,13-14H2,1-2H3,(H,22,25). The first kappa shape index (κ1) is 21.6. The summed E-state index contributed by atoms with van der Waals surface area (Å²) in [5.74, 6) is 0.310. The van der Waals surface area contributed by atoms with Gasteiger partial charge in [0.2, 0.25) is 5.91 Å². The van der Waals surface area contributed by atoms with Crippen molar-refractivity contribution in [2.45, 2.75) is 19.9 Å². The number of nitrogens with one attached hydrogen (secondary N) is 1. The summed E-state index contributed by atoms with van der Waals surface area (Å²) in [4.78, 5) is 12.4. The molecule has 2 aromatic carbocycles. The maximum atomic E-state index is 13.0. The van der Waals surface area contributed by atoms with Gasteiger partial charge in [0.05, 0.1) is 13.7 Å². The number of hydrogen-bond acceptors (Lipinski definition) is 4. The first-order chi connectivity index (χ1) is 13.8. The molecule has 1 fully saturated rings. The number of carbonyl (C=O) groups excluding carboxylic acids is 1. The van der Waals surface area contributed by atoms with Gasteiger partial charge in [-0.3, -0.25) is 4.79 Å². The Bertz CT molecular complexity index is 980. The zero-order chi connectivity index (χ0) is 21.0. The number of rotatable bonds is 6. The molecule has 0 radical (unpaired) electrons. The summed E-state index contributed by atoms with van der Waals surface area (Å²) in [6.07, 6.45) is 0.652. The van der Waals surface area contributed by atoms with Gasteiger partial charge in [0.25, 0.3) is 10.2 Å². The third-order valence-corrected chi connectivity index (χ3v) is 7.10. The summed E-state index contributed by atoms with van der Waals surface area (Å²) in [7, 11) is -2.15. The highest BCUT2D eigenvalue weighted by Gasteiger charge is 2.34. The van der Waals surface area contributed by atoms with E-state index in [0.29, 0.717) is 36.0 Å². The van der Waals surface area contributed by atoms with E-state index >= 15 is 0 Å². The lowest BCUT2D eigenvalue weighted by Gasteiger charge is -2.34. The molecule has 0 spiro atoms. The average Bonchev–Trinajstić information content (AvgIpc) is 2.68. The molecule has 1 amide bonds. The molecule has 0 bridgehead atoms. The van der Waals surface area contributed by atoms with Crippen molar-refractivity contribution in [1.82, 2.24) is 8.61 Å². The minimum Gasteiger partial charge on any atom is -0.497 e. The van der Waals surface area contributed by atoms with E-state index < -0.39 is 16.1 Å². The van der Waals surface area contributed by atoms with Crippen LogP contribution in [0.3, 0.4) is 0 Å². The second-order valence-electron chi connectivity index (χ2n) is 6.89. The van der Waals surface area contributed by atoms with Crippen LogP contribution in [0.15, 0.2) is 42.5 Å². The summed E-state index contributed by atoms with van der Waals surface area (Å²) in [5, 5.41) is 3.25. The van der Waals surface area contributed by atoms with Gasteiger partial charge in [-0.25, -0.2) is 0 Å². The molecule has 0 unspecified atom stereocenters. The number of halogens is 1. The number of carbonyl (C=O) groups is 1. The molecule has 0 aliphatic carbocycles. The molecule has 1 saturated heterocycles. The number of anilines is 1. The monoisotopic (exact) mass is 437 g/mol. The highest BCUT2D eigenvalue weighted by Crippen LogP contribution is 2.22. The third kappa shape index (κ3) is 5.27. The maximum Gasteiger partial charge on any atom is 0.282 e.